The van der Waals surface area contributed by atoms with Crippen LogP contribution in [0.1, 0.15) is 29.6 Å². The third kappa shape index (κ3) is 4.42. The average molecular weight is 345 g/mol. The van der Waals surface area contributed by atoms with Crippen molar-refractivity contribution in [2.75, 3.05) is 34.9 Å². The van der Waals surface area contributed by atoms with Crippen LogP contribution in [0.4, 0.5) is 0 Å². The van der Waals surface area contributed by atoms with Crippen LogP contribution in [0, 0.1) is 5.41 Å². The van der Waals surface area contributed by atoms with Crippen molar-refractivity contribution in [1.82, 2.24) is 5.32 Å². The Morgan fingerprint density at radius 3 is 2.28 bits per heavy atom. The lowest BCUT2D eigenvalue weighted by atomic mass is 9.74. The van der Waals surface area contributed by atoms with Crippen molar-refractivity contribution in [2.24, 2.45) is 5.41 Å². The summed E-state index contributed by atoms with van der Waals surface area (Å²) >= 11 is 0. The highest BCUT2D eigenvalue weighted by Crippen LogP contribution is 2.41. The van der Waals surface area contributed by atoms with Crippen molar-refractivity contribution in [3.05, 3.63) is 42.0 Å². The van der Waals surface area contributed by atoms with Crippen molar-refractivity contribution in [3.63, 3.8) is 0 Å². The summed E-state index contributed by atoms with van der Waals surface area (Å²) in [7, 11) is 6.58. The van der Waals surface area contributed by atoms with Crippen LogP contribution in [-0.4, -0.2) is 40.7 Å². The van der Waals surface area contributed by atoms with Gasteiger partial charge in [-0.25, -0.2) is 0 Å². The van der Waals surface area contributed by atoms with E-state index in [1.807, 2.05) is 19.2 Å². The van der Waals surface area contributed by atoms with Gasteiger partial charge in [-0.1, -0.05) is 24.3 Å². The number of carbonyl (C=O) groups excluding carboxylic acids is 1. The van der Waals surface area contributed by atoms with Gasteiger partial charge in [-0.3, -0.25) is 4.79 Å². The van der Waals surface area contributed by atoms with E-state index < -0.39 is 0 Å². The topological polar surface area (TPSA) is 56.8 Å². The zero-order valence-corrected chi connectivity index (χ0v) is 15.4. The Morgan fingerprint density at radius 1 is 1.12 bits per heavy atom. The van der Waals surface area contributed by atoms with Gasteiger partial charge >= 0.3 is 0 Å². The Labute approximate surface area is 149 Å². The van der Waals surface area contributed by atoms with Gasteiger partial charge in [-0.05, 0) is 38.6 Å². The third-order valence-corrected chi connectivity index (χ3v) is 4.59. The van der Waals surface area contributed by atoms with Gasteiger partial charge in [0.15, 0.2) is 17.3 Å². The molecule has 136 valence electrons. The molecule has 1 aromatic carbocycles. The Hall–Kier alpha value is -2.27. The number of rotatable bonds is 9. The minimum Gasteiger partial charge on any atom is -0.493 e. The van der Waals surface area contributed by atoms with Crippen LogP contribution in [0.5, 0.6) is 17.2 Å². The molecule has 0 saturated carbocycles. The Bertz CT molecular complexity index is 641. The van der Waals surface area contributed by atoms with E-state index in [9.17, 15) is 4.79 Å². The lowest BCUT2D eigenvalue weighted by Gasteiger charge is -2.31. The Balaban J connectivity index is 2.29. The Kier molecular flexibility index (Phi) is 6.65. The highest BCUT2D eigenvalue weighted by Gasteiger charge is 2.30. The summed E-state index contributed by atoms with van der Waals surface area (Å²) < 4.78 is 16.0. The monoisotopic (exact) mass is 345 g/mol. The molecule has 1 aromatic rings. The van der Waals surface area contributed by atoms with Crippen LogP contribution in [0.3, 0.4) is 0 Å². The molecular formula is C20H27NO4. The SMILES string of the molecule is CNCCC1(CC(=O)c2cc(OC)c(OC)c(OC)c2)C=CC=CC1. The summed E-state index contributed by atoms with van der Waals surface area (Å²) in [6.45, 7) is 0.862. The predicted octanol–water partition coefficient (Wildman–Crippen LogP) is 3.40. The first-order valence-electron chi connectivity index (χ1n) is 8.41. The maximum atomic E-state index is 13.0. The highest BCUT2D eigenvalue weighted by molar-refractivity contribution is 5.98. The summed E-state index contributed by atoms with van der Waals surface area (Å²) in [4.78, 5) is 13.0. The van der Waals surface area contributed by atoms with Crippen LogP contribution in [0.15, 0.2) is 36.4 Å². The van der Waals surface area contributed by atoms with E-state index in [0.717, 1.165) is 19.4 Å². The van der Waals surface area contributed by atoms with Gasteiger partial charge in [0.05, 0.1) is 21.3 Å². The molecule has 0 aliphatic heterocycles. The van der Waals surface area contributed by atoms with Crippen LogP contribution < -0.4 is 19.5 Å². The first-order valence-corrected chi connectivity index (χ1v) is 8.41. The molecular weight excluding hydrogens is 318 g/mol. The van der Waals surface area contributed by atoms with E-state index in [1.165, 1.54) is 0 Å². The lowest BCUT2D eigenvalue weighted by Crippen LogP contribution is -2.27. The zero-order valence-electron chi connectivity index (χ0n) is 15.4. The Morgan fingerprint density at radius 2 is 1.80 bits per heavy atom. The van der Waals surface area contributed by atoms with Crippen molar-refractivity contribution in [3.8, 4) is 17.2 Å². The number of hydrogen-bond acceptors (Lipinski definition) is 5. The van der Waals surface area contributed by atoms with Crippen LogP contribution in [0.25, 0.3) is 0 Å². The molecule has 0 fully saturated rings. The van der Waals surface area contributed by atoms with Crippen LogP contribution >= 0.6 is 0 Å². The largest absolute Gasteiger partial charge is 0.493 e. The fraction of sp³-hybridized carbons (Fsp3) is 0.450. The van der Waals surface area contributed by atoms with E-state index >= 15 is 0 Å². The molecule has 5 nitrogen and oxygen atoms in total. The number of benzene rings is 1. The molecule has 2 rings (SSSR count). The number of Topliss-reactive ketones (excluding diaryl/α,β-unsaturated/α-hetero) is 1. The molecule has 1 atom stereocenters. The standard InChI is InChI=1S/C20H27NO4/c1-21-11-10-20(8-6-5-7-9-20)14-16(22)15-12-17(23-2)19(25-4)18(13-15)24-3/h5-8,12-13,21H,9-11,14H2,1-4H3. The second-order valence-electron chi connectivity index (χ2n) is 6.22. The van der Waals surface area contributed by atoms with E-state index in [4.69, 9.17) is 14.2 Å². The summed E-state index contributed by atoms with van der Waals surface area (Å²) in [5, 5.41) is 3.18. The second kappa shape index (κ2) is 8.72. The highest BCUT2D eigenvalue weighted by atomic mass is 16.5. The van der Waals surface area contributed by atoms with Crippen molar-refractivity contribution in [1.29, 1.82) is 0 Å². The molecule has 5 heteroatoms. The maximum absolute atomic E-state index is 13.0. The second-order valence-corrected chi connectivity index (χ2v) is 6.22. The number of nitrogens with one attached hydrogen (secondary N) is 1. The van der Waals surface area contributed by atoms with Gasteiger partial charge in [0.25, 0.3) is 0 Å². The molecule has 0 amide bonds. The number of methoxy groups -OCH3 is 3. The van der Waals surface area contributed by atoms with Crippen LogP contribution in [0.2, 0.25) is 0 Å². The first kappa shape index (κ1) is 19.1. The molecule has 0 bridgehead atoms. The van der Waals surface area contributed by atoms with Gasteiger partial charge in [0.2, 0.25) is 5.75 Å². The predicted molar refractivity (Wildman–Crippen MR) is 98.9 cm³/mol. The molecule has 0 aromatic heterocycles. The van der Waals surface area contributed by atoms with Crippen molar-refractivity contribution < 1.29 is 19.0 Å². The quantitative estimate of drug-likeness (QED) is 0.695. The lowest BCUT2D eigenvalue weighted by molar-refractivity contribution is 0.0931. The smallest absolute Gasteiger partial charge is 0.203 e. The summed E-state index contributed by atoms with van der Waals surface area (Å²) in [6, 6.07) is 3.44. The maximum Gasteiger partial charge on any atom is 0.203 e. The minimum atomic E-state index is -0.157. The number of carbonyl (C=O) groups is 1. The van der Waals surface area contributed by atoms with Crippen molar-refractivity contribution in [2.45, 2.75) is 19.3 Å². The van der Waals surface area contributed by atoms with E-state index in [1.54, 1.807) is 33.5 Å². The van der Waals surface area contributed by atoms with Gasteiger partial charge in [0, 0.05) is 17.4 Å². The summed E-state index contributed by atoms with van der Waals surface area (Å²) in [5.74, 6) is 1.55. The van der Waals surface area contributed by atoms with E-state index in [2.05, 4.69) is 17.5 Å². The normalized spacial score (nSPS) is 18.9. The van der Waals surface area contributed by atoms with Crippen LogP contribution in [-0.2, 0) is 0 Å². The van der Waals surface area contributed by atoms with E-state index in [-0.39, 0.29) is 11.2 Å². The fourth-order valence-corrected chi connectivity index (χ4v) is 3.15. The molecule has 1 aliphatic rings. The van der Waals surface area contributed by atoms with Crippen molar-refractivity contribution >= 4 is 5.78 Å². The third-order valence-electron chi connectivity index (χ3n) is 4.59. The molecule has 0 spiro atoms. The summed E-state index contributed by atoms with van der Waals surface area (Å²) in [6.07, 6.45) is 10.5. The molecule has 0 radical (unpaired) electrons. The molecule has 0 heterocycles. The van der Waals surface area contributed by atoms with Gasteiger partial charge in [0.1, 0.15) is 0 Å². The molecule has 1 N–H and O–H groups in total. The number of ketones is 1. The average Bonchev–Trinajstić information content (AvgIpc) is 2.65. The number of hydrogen-bond donors (Lipinski definition) is 1. The van der Waals surface area contributed by atoms with Gasteiger partial charge in [-0.15, -0.1) is 0 Å². The first-order chi connectivity index (χ1) is 12.1. The van der Waals surface area contributed by atoms with Gasteiger partial charge in [-0.2, -0.15) is 0 Å². The summed E-state index contributed by atoms with van der Waals surface area (Å²) in [5.41, 5.74) is 0.413. The molecule has 0 saturated heterocycles. The van der Waals surface area contributed by atoms with Gasteiger partial charge < -0.3 is 19.5 Å². The zero-order chi connectivity index (χ0) is 18.3. The number of ether oxygens (including phenoxy) is 3. The molecule has 1 aliphatic carbocycles. The molecule has 25 heavy (non-hydrogen) atoms. The molecule has 1 unspecified atom stereocenters. The van der Waals surface area contributed by atoms with E-state index in [0.29, 0.717) is 29.2 Å². The minimum absolute atomic E-state index is 0.0651. The fourth-order valence-electron chi connectivity index (χ4n) is 3.15. The number of allylic oxidation sites excluding steroid dienone is 4.